The number of hydrogen-bond acceptors (Lipinski definition) is 4. The van der Waals surface area contributed by atoms with Crippen molar-refractivity contribution >= 4 is 23.0 Å². The second-order valence-electron chi connectivity index (χ2n) is 6.88. The number of aromatic amines is 1. The molecule has 7 heteroatoms. The number of amides is 1. The summed E-state index contributed by atoms with van der Waals surface area (Å²) in [6, 6.07) is 4.46. The molecule has 136 valence electrons. The van der Waals surface area contributed by atoms with E-state index in [4.69, 9.17) is 9.47 Å². The number of H-pyrrole nitrogens is 1. The van der Waals surface area contributed by atoms with Gasteiger partial charge in [-0.2, -0.15) is 0 Å². The van der Waals surface area contributed by atoms with Crippen LogP contribution in [0.15, 0.2) is 18.2 Å². The van der Waals surface area contributed by atoms with Gasteiger partial charge in [-0.1, -0.05) is 0 Å². The van der Waals surface area contributed by atoms with Crippen molar-refractivity contribution in [3.8, 4) is 5.75 Å². The molecule has 0 fully saturated rings. The fraction of sp³-hybridized carbons (Fsp3) is 0.444. The van der Waals surface area contributed by atoms with E-state index >= 15 is 0 Å². The Kier molecular flexibility index (Phi) is 5.25. The van der Waals surface area contributed by atoms with Crippen molar-refractivity contribution in [2.75, 3.05) is 7.11 Å². The molecule has 1 amide bonds. The quantitative estimate of drug-likeness (QED) is 0.771. The van der Waals surface area contributed by atoms with E-state index < -0.39 is 23.7 Å². The summed E-state index contributed by atoms with van der Waals surface area (Å²) in [5.41, 5.74) is 1.85. The van der Waals surface area contributed by atoms with Crippen LogP contribution in [-0.4, -0.2) is 40.9 Å². The molecule has 7 nitrogen and oxygen atoms in total. The molecule has 0 spiro atoms. The third-order valence-corrected chi connectivity index (χ3v) is 3.72. The number of aryl methyl sites for hydroxylation is 1. The number of alkyl carbamates (subject to hydrolysis) is 1. The first-order chi connectivity index (χ1) is 11.6. The van der Waals surface area contributed by atoms with Crippen molar-refractivity contribution in [2.45, 2.75) is 45.8 Å². The standard InChI is InChI=1S/C18H24N2O5/c1-10-12(13-8-11(24-5)6-7-14(13)19-10)9-15(16(21)22)20-17(23)25-18(2,3)4/h6-8,15,19H,9H2,1-5H3,(H,20,23)(H,21,22)/t15-/m1/s1. The Balaban J connectivity index is 2.27. The molecule has 0 aliphatic heterocycles. The predicted molar refractivity (Wildman–Crippen MR) is 94.1 cm³/mol. The molecule has 0 aliphatic rings. The molecule has 3 N–H and O–H groups in total. The molecule has 25 heavy (non-hydrogen) atoms. The number of carboxylic acids is 1. The van der Waals surface area contributed by atoms with E-state index in [-0.39, 0.29) is 6.42 Å². The van der Waals surface area contributed by atoms with Gasteiger partial charge in [0.2, 0.25) is 0 Å². The monoisotopic (exact) mass is 348 g/mol. The largest absolute Gasteiger partial charge is 0.497 e. The van der Waals surface area contributed by atoms with Crippen molar-refractivity contribution < 1.29 is 24.2 Å². The molecule has 1 aromatic heterocycles. The number of benzene rings is 1. The minimum Gasteiger partial charge on any atom is -0.497 e. The number of carbonyl (C=O) groups is 2. The number of rotatable bonds is 5. The molecule has 0 saturated heterocycles. The number of aromatic nitrogens is 1. The van der Waals surface area contributed by atoms with Crippen LogP contribution in [-0.2, 0) is 16.0 Å². The van der Waals surface area contributed by atoms with Gasteiger partial charge in [0.05, 0.1) is 7.11 Å². The Morgan fingerprint density at radius 3 is 2.56 bits per heavy atom. The van der Waals surface area contributed by atoms with E-state index in [2.05, 4.69) is 10.3 Å². The lowest BCUT2D eigenvalue weighted by Gasteiger charge is -2.22. The maximum Gasteiger partial charge on any atom is 0.408 e. The SMILES string of the molecule is COc1ccc2[nH]c(C)c(C[C@@H](NC(=O)OC(C)(C)C)C(=O)O)c2c1. The average molecular weight is 348 g/mol. The summed E-state index contributed by atoms with van der Waals surface area (Å²) in [6.45, 7) is 7.03. The van der Waals surface area contributed by atoms with Crippen LogP contribution in [0.25, 0.3) is 10.9 Å². The summed E-state index contributed by atoms with van der Waals surface area (Å²) in [6.07, 6.45) is -0.622. The van der Waals surface area contributed by atoms with Crippen LogP contribution < -0.4 is 10.1 Å². The maximum absolute atomic E-state index is 11.9. The van der Waals surface area contributed by atoms with Crippen LogP contribution >= 0.6 is 0 Å². The van der Waals surface area contributed by atoms with Gasteiger partial charge in [-0.25, -0.2) is 9.59 Å². The zero-order valence-corrected chi connectivity index (χ0v) is 15.1. The van der Waals surface area contributed by atoms with Gasteiger partial charge in [-0.3, -0.25) is 0 Å². The van der Waals surface area contributed by atoms with Gasteiger partial charge in [-0.05, 0) is 51.5 Å². The maximum atomic E-state index is 11.9. The number of hydrogen-bond donors (Lipinski definition) is 3. The van der Waals surface area contributed by atoms with E-state index in [1.165, 1.54) is 0 Å². The van der Waals surface area contributed by atoms with Gasteiger partial charge in [-0.15, -0.1) is 0 Å². The average Bonchev–Trinajstić information content (AvgIpc) is 2.79. The van der Waals surface area contributed by atoms with E-state index in [1.54, 1.807) is 27.9 Å². The highest BCUT2D eigenvalue weighted by Crippen LogP contribution is 2.27. The fourth-order valence-electron chi connectivity index (χ4n) is 2.61. The first-order valence-electron chi connectivity index (χ1n) is 7.98. The second-order valence-corrected chi connectivity index (χ2v) is 6.88. The highest BCUT2D eigenvalue weighted by molar-refractivity contribution is 5.87. The first kappa shape index (κ1) is 18.6. The van der Waals surface area contributed by atoms with E-state index in [1.807, 2.05) is 25.1 Å². The van der Waals surface area contributed by atoms with Crippen molar-refractivity contribution in [1.82, 2.24) is 10.3 Å². The van der Waals surface area contributed by atoms with Crippen LogP contribution in [0.3, 0.4) is 0 Å². The Morgan fingerprint density at radius 2 is 2.00 bits per heavy atom. The van der Waals surface area contributed by atoms with Crippen LogP contribution in [0, 0.1) is 6.92 Å². The Labute approximate surface area is 146 Å². The van der Waals surface area contributed by atoms with Gasteiger partial charge in [0, 0.05) is 23.0 Å². The number of carboxylic acid groups (broad SMARTS) is 1. The van der Waals surface area contributed by atoms with Crippen molar-refractivity contribution in [3.05, 3.63) is 29.5 Å². The molecule has 2 rings (SSSR count). The summed E-state index contributed by atoms with van der Waals surface area (Å²) in [7, 11) is 1.57. The van der Waals surface area contributed by atoms with Crippen LogP contribution in [0.4, 0.5) is 4.79 Å². The lowest BCUT2D eigenvalue weighted by molar-refractivity contribution is -0.139. The molecular formula is C18H24N2O5. The Hall–Kier alpha value is -2.70. The smallest absolute Gasteiger partial charge is 0.408 e. The summed E-state index contributed by atoms with van der Waals surface area (Å²) in [5, 5.41) is 12.8. The third-order valence-electron chi connectivity index (χ3n) is 3.72. The molecule has 0 saturated carbocycles. The summed E-state index contributed by atoms with van der Waals surface area (Å²) >= 11 is 0. The normalized spacial score (nSPS) is 12.7. The molecule has 0 bridgehead atoms. The topological polar surface area (TPSA) is 101 Å². The molecule has 1 aromatic carbocycles. The first-order valence-corrected chi connectivity index (χ1v) is 7.98. The number of fused-ring (bicyclic) bond motifs is 1. The van der Waals surface area contributed by atoms with E-state index in [0.717, 1.165) is 22.2 Å². The van der Waals surface area contributed by atoms with Crippen molar-refractivity contribution in [3.63, 3.8) is 0 Å². The van der Waals surface area contributed by atoms with E-state index in [0.29, 0.717) is 5.75 Å². The fourth-order valence-corrected chi connectivity index (χ4v) is 2.61. The van der Waals surface area contributed by atoms with Gasteiger partial charge in [0.1, 0.15) is 17.4 Å². The number of methoxy groups -OCH3 is 1. The van der Waals surface area contributed by atoms with Crippen LogP contribution in [0.5, 0.6) is 5.75 Å². The molecule has 0 unspecified atom stereocenters. The Morgan fingerprint density at radius 1 is 1.32 bits per heavy atom. The predicted octanol–water partition coefficient (Wildman–Crippen LogP) is 3.01. The van der Waals surface area contributed by atoms with Gasteiger partial charge < -0.3 is 24.9 Å². The molecular weight excluding hydrogens is 324 g/mol. The summed E-state index contributed by atoms with van der Waals surface area (Å²) in [5.74, 6) is -0.442. The summed E-state index contributed by atoms with van der Waals surface area (Å²) in [4.78, 5) is 26.7. The lowest BCUT2D eigenvalue weighted by Crippen LogP contribution is -2.44. The van der Waals surface area contributed by atoms with E-state index in [9.17, 15) is 14.7 Å². The summed E-state index contributed by atoms with van der Waals surface area (Å²) < 4.78 is 10.4. The second kappa shape index (κ2) is 7.04. The van der Waals surface area contributed by atoms with Gasteiger partial charge in [0.25, 0.3) is 0 Å². The highest BCUT2D eigenvalue weighted by Gasteiger charge is 2.26. The molecule has 2 aromatic rings. The third kappa shape index (κ3) is 4.65. The number of ether oxygens (including phenoxy) is 2. The zero-order valence-electron chi connectivity index (χ0n) is 15.1. The minimum atomic E-state index is -1.12. The van der Waals surface area contributed by atoms with Crippen LogP contribution in [0.2, 0.25) is 0 Å². The number of aliphatic carboxylic acids is 1. The zero-order chi connectivity index (χ0) is 18.8. The lowest BCUT2D eigenvalue weighted by atomic mass is 10.0. The van der Waals surface area contributed by atoms with Crippen molar-refractivity contribution in [1.29, 1.82) is 0 Å². The van der Waals surface area contributed by atoms with Crippen molar-refractivity contribution in [2.24, 2.45) is 0 Å². The molecule has 0 aliphatic carbocycles. The minimum absolute atomic E-state index is 0.133. The molecule has 0 radical (unpaired) electrons. The molecule has 1 atom stereocenters. The highest BCUT2D eigenvalue weighted by atomic mass is 16.6. The number of nitrogens with one attached hydrogen (secondary N) is 2. The van der Waals surface area contributed by atoms with Crippen LogP contribution in [0.1, 0.15) is 32.0 Å². The molecule has 1 heterocycles. The van der Waals surface area contributed by atoms with Gasteiger partial charge >= 0.3 is 12.1 Å². The number of carbonyl (C=O) groups excluding carboxylic acids is 1. The Bertz CT molecular complexity index is 789. The van der Waals surface area contributed by atoms with Gasteiger partial charge in [0.15, 0.2) is 0 Å².